The van der Waals surface area contributed by atoms with Gasteiger partial charge in [0.15, 0.2) is 6.29 Å². The highest BCUT2D eigenvalue weighted by Gasteiger charge is 2.53. The molecule has 1 fully saturated rings. The molecule has 0 spiro atoms. The van der Waals surface area contributed by atoms with Gasteiger partial charge in [-0.05, 0) is 13.8 Å². The van der Waals surface area contributed by atoms with E-state index < -0.39 is 18.0 Å². The quantitative estimate of drug-likeness (QED) is 0.734. The second-order valence-corrected chi connectivity index (χ2v) is 3.93. The molecule has 5 atom stereocenters. The first-order valence-electron chi connectivity index (χ1n) is 4.95. The second kappa shape index (κ2) is 4.76. The van der Waals surface area contributed by atoms with Crippen molar-refractivity contribution in [2.24, 2.45) is 0 Å². The maximum Gasteiger partial charge on any atom is 0.184 e. The van der Waals surface area contributed by atoms with Crippen molar-refractivity contribution in [1.82, 2.24) is 0 Å². The van der Waals surface area contributed by atoms with Crippen molar-refractivity contribution in [2.75, 3.05) is 21.3 Å². The van der Waals surface area contributed by atoms with E-state index in [4.69, 9.17) is 18.9 Å². The summed E-state index contributed by atoms with van der Waals surface area (Å²) >= 11 is 0. The summed E-state index contributed by atoms with van der Waals surface area (Å²) in [6.45, 7) is 3.68. The van der Waals surface area contributed by atoms with Gasteiger partial charge in [-0.15, -0.1) is 0 Å². The molecule has 1 aliphatic heterocycles. The molecular formula is C10H20O5. The highest BCUT2D eigenvalue weighted by atomic mass is 16.7. The minimum Gasteiger partial charge on any atom is -0.376 e. The summed E-state index contributed by atoms with van der Waals surface area (Å²) in [5.41, 5.74) is -0.722. The normalized spacial score (nSPS) is 46.8. The first kappa shape index (κ1) is 12.9. The number of methoxy groups -OCH3 is 3. The Morgan fingerprint density at radius 1 is 1.13 bits per heavy atom. The van der Waals surface area contributed by atoms with Crippen LogP contribution in [-0.4, -0.2) is 56.6 Å². The van der Waals surface area contributed by atoms with Gasteiger partial charge in [0.2, 0.25) is 0 Å². The highest BCUT2D eigenvalue weighted by Crippen LogP contribution is 2.34. The third-order valence-corrected chi connectivity index (χ3v) is 3.12. The minimum absolute atomic E-state index is 0.249. The molecule has 0 aliphatic carbocycles. The lowest BCUT2D eigenvalue weighted by molar-refractivity contribution is -0.323. The van der Waals surface area contributed by atoms with Crippen LogP contribution >= 0.6 is 0 Å². The fourth-order valence-electron chi connectivity index (χ4n) is 2.28. The van der Waals surface area contributed by atoms with Crippen LogP contribution in [0, 0.1) is 0 Å². The molecule has 0 aromatic rings. The average Bonchev–Trinajstić information content (AvgIpc) is 2.18. The smallest absolute Gasteiger partial charge is 0.184 e. The zero-order chi connectivity index (χ0) is 11.6. The van der Waals surface area contributed by atoms with Crippen LogP contribution in [0.5, 0.6) is 0 Å². The van der Waals surface area contributed by atoms with E-state index in [9.17, 15) is 5.11 Å². The van der Waals surface area contributed by atoms with E-state index in [1.807, 2.05) is 13.8 Å². The molecule has 90 valence electrons. The number of aliphatic hydroxyl groups is 1. The van der Waals surface area contributed by atoms with Gasteiger partial charge in [-0.1, -0.05) is 0 Å². The van der Waals surface area contributed by atoms with Gasteiger partial charge in [-0.2, -0.15) is 0 Å². The summed E-state index contributed by atoms with van der Waals surface area (Å²) in [4.78, 5) is 0. The Morgan fingerprint density at radius 2 is 1.67 bits per heavy atom. The molecule has 1 saturated heterocycles. The third-order valence-electron chi connectivity index (χ3n) is 3.12. The van der Waals surface area contributed by atoms with Gasteiger partial charge in [-0.3, -0.25) is 0 Å². The zero-order valence-electron chi connectivity index (χ0n) is 9.89. The van der Waals surface area contributed by atoms with E-state index >= 15 is 0 Å². The van der Waals surface area contributed by atoms with Crippen molar-refractivity contribution in [3.8, 4) is 0 Å². The van der Waals surface area contributed by atoms with Crippen LogP contribution in [0.3, 0.4) is 0 Å². The van der Waals surface area contributed by atoms with Gasteiger partial charge in [0.1, 0.15) is 17.8 Å². The first-order valence-corrected chi connectivity index (χ1v) is 4.95. The topological polar surface area (TPSA) is 57.2 Å². The fraction of sp³-hybridized carbons (Fsp3) is 1.00. The van der Waals surface area contributed by atoms with Crippen molar-refractivity contribution in [1.29, 1.82) is 0 Å². The van der Waals surface area contributed by atoms with E-state index in [1.54, 1.807) is 14.2 Å². The third kappa shape index (κ3) is 2.03. The molecule has 0 saturated carbocycles. The molecule has 5 heteroatoms. The van der Waals surface area contributed by atoms with Crippen molar-refractivity contribution < 1.29 is 24.1 Å². The number of hydrogen-bond donors (Lipinski definition) is 1. The molecule has 0 aromatic heterocycles. The summed E-state index contributed by atoms with van der Waals surface area (Å²) < 4.78 is 21.3. The molecular weight excluding hydrogens is 200 g/mol. The lowest BCUT2D eigenvalue weighted by Crippen LogP contribution is -2.66. The average molecular weight is 220 g/mol. The summed E-state index contributed by atoms with van der Waals surface area (Å²) in [7, 11) is 4.67. The molecule has 1 rings (SSSR count). The molecule has 0 radical (unpaired) electrons. The highest BCUT2D eigenvalue weighted by molar-refractivity contribution is 5.00. The molecule has 15 heavy (non-hydrogen) atoms. The van der Waals surface area contributed by atoms with E-state index in [0.29, 0.717) is 0 Å². The first-order chi connectivity index (χ1) is 7.01. The Labute approximate surface area is 90.3 Å². The summed E-state index contributed by atoms with van der Waals surface area (Å²) in [6, 6.07) is 0. The van der Waals surface area contributed by atoms with Crippen LogP contribution in [0.2, 0.25) is 0 Å². The van der Waals surface area contributed by atoms with Crippen LogP contribution in [-0.2, 0) is 18.9 Å². The van der Waals surface area contributed by atoms with E-state index in [2.05, 4.69) is 0 Å². The Hall–Kier alpha value is -0.200. The van der Waals surface area contributed by atoms with E-state index in [1.165, 1.54) is 7.11 Å². The number of hydrogen-bond acceptors (Lipinski definition) is 5. The number of aliphatic hydroxyl groups excluding tert-OH is 1. The predicted octanol–water partition coefficient (Wildman–Crippen LogP) is 0.159. The molecule has 1 N–H and O–H groups in total. The molecule has 0 amide bonds. The van der Waals surface area contributed by atoms with Gasteiger partial charge >= 0.3 is 0 Å². The number of ether oxygens (including phenoxy) is 4. The second-order valence-electron chi connectivity index (χ2n) is 3.93. The Kier molecular flexibility index (Phi) is 4.08. The molecule has 0 bridgehead atoms. The van der Waals surface area contributed by atoms with Crippen molar-refractivity contribution >= 4 is 0 Å². The Bertz CT molecular complexity index is 192. The largest absolute Gasteiger partial charge is 0.376 e. The molecule has 1 aliphatic rings. The van der Waals surface area contributed by atoms with E-state index in [-0.39, 0.29) is 12.2 Å². The van der Waals surface area contributed by atoms with Crippen molar-refractivity contribution in [3.05, 3.63) is 0 Å². The number of rotatable bonds is 3. The van der Waals surface area contributed by atoms with Crippen molar-refractivity contribution in [2.45, 2.75) is 44.1 Å². The molecule has 1 heterocycles. The lowest BCUT2D eigenvalue weighted by atomic mass is 9.85. The van der Waals surface area contributed by atoms with Crippen molar-refractivity contribution in [3.63, 3.8) is 0 Å². The maximum atomic E-state index is 9.74. The SMILES string of the molecule is COC1C(C)OC(O)C(OC)C1(C)OC. The standard InChI is InChI=1S/C10H20O5/c1-6-7(12-3)10(2,14-5)8(13-4)9(11)15-6/h6-9,11H,1-5H3. The molecule has 5 nitrogen and oxygen atoms in total. The van der Waals surface area contributed by atoms with Gasteiger partial charge in [0.05, 0.1) is 6.10 Å². The van der Waals surface area contributed by atoms with Crippen LogP contribution in [0.1, 0.15) is 13.8 Å². The zero-order valence-corrected chi connectivity index (χ0v) is 9.89. The minimum atomic E-state index is -0.999. The fourth-order valence-corrected chi connectivity index (χ4v) is 2.28. The predicted molar refractivity (Wildman–Crippen MR) is 53.6 cm³/mol. The summed E-state index contributed by atoms with van der Waals surface area (Å²) in [6.07, 6.45) is -2.10. The van der Waals surface area contributed by atoms with Crippen LogP contribution in [0.15, 0.2) is 0 Å². The molecule has 0 aromatic carbocycles. The van der Waals surface area contributed by atoms with E-state index in [0.717, 1.165) is 0 Å². The summed E-state index contributed by atoms with van der Waals surface area (Å²) in [5.74, 6) is 0. The monoisotopic (exact) mass is 220 g/mol. The Morgan fingerprint density at radius 3 is 2.07 bits per heavy atom. The van der Waals surface area contributed by atoms with Gasteiger partial charge in [0, 0.05) is 21.3 Å². The van der Waals surface area contributed by atoms with Gasteiger partial charge in [0.25, 0.3) is 0 Å². The van der Waals surface area contributed by atoms with Gasteiger partial charge < -0.3 is 24.1 Å². The van der Waals surface area contributed by atoms with Crippen LogP contribution in [0.4, 0.5) is 0 Å². The van der Waals surface area contributed by atoms with Crippen LogP contribution in [0.25, 0.3) is 0 Å². The maximum absolute atomic E-state index is 9.74. The summed E-state index contributed by atoms with van der Waals surface area (Å²) in [5, 5.41) is 9.74. The van der Waals surface area contributed by atoms with Gasteiger partial charge in [-0.25, -0.2) is 0 Å². The Balaban J connectivity index is 2.98. The lowest BCUT2D eigenvalue weighted by Gasteiger charge is -2.49. The van der Waals surface area contributed by atoms with Crippen LogP contribution < -0.4 is 0 Å². The molecule has 5 unspecified atom stereocenters.